The van der Waals surface area contributed by atoms with Crippen molar-refractivity contribution in [1.82, 2.24) is 5.32 Å². The number of fused-ring (bicyclic) bond motifs is 2. The molecule has 4 atom stereocenters. The smallest absolute Gasteiger partial charge is 0.0690 e. The highest BCUT2D eigenvalue weighted by atomic mass is 16.5. The third-order valence-electron chi connectivity index (χ3n) is 4.67. The predicted octanol–water partition coefficient (Wildman–Crippen LogP) is 0.914. The summed E-state index contributed by atoms with van der Waals surface area (Å²) in [5.74, 6) is 0.726. The Kier molecular flexibility index (Phi) is 2.31. The van der Waals surface area contributed by atoms with Crippen LogP contribution >= 0.6 is 0 Å². The van der Waals surface area contributed by atoms with Gasteiger partial charge in [-0.05, 0) is 26.2 Å². The van der Waals surface area contributed by atoms with Crippen LogP contribution in [0.25, 0.3) is 0 Å². The van der Waals surface area contributed by atoms with Crippen LogP contribution < -0.4 is 5.32 Å². The molecule has 3 aliphatic rings. The first kappa shape index (κ1) is 10.1. The molecule has 2 N–H and O–H groups in total. The Morgan fingerprint density at radius 2 is 2.33 bits per heavy atom. The maximum atomic E-state index is 9.33. The Balaban J connectivity index is 1.66. The molecule has 3 heteroatoms. The normalized spacial score (nSPS) is 43.2. The molecule has 3 nitrogen and oxygen atoms in total. The largest absolute Gasteiger partial charge is 0.392 e. The second-order valence-corrected chi connectivity index (χ2v) is 5.57. The first-order valence-corrected chi connectivity index (χ1v) is 6.27. The summed E-state index contributed by atoms with van der Waals surface area (Å²) in [5, 5.41) is 12.9. The Labute approximate surface area is 91.2 Å². The molecule has 3 unspecified atom stereocenters. The van der Waals surface area contributed by atoms with E-state index in [0.29, 0.717) is 17.6 Å². The van der Waals surface area contributed by atoms with Gasteiger partial charge >= 0.3 is 0 Å². The summed E-state index contributed by atoms with van der Waals surface area (Å²) in [7, 11) is 0. The zero-order valence-corrected chi connectivity index (χ0v) is 9.41. The van der Waals surface area contributed by atoms with Crippen LogP contribution in [0, 0.1) is 11.3 Å². The van der Waals surface area contributed by atoms with E-state index in [4.69, 9.17) is 4.74 Å². The Hall–Kier alpha value is -0.120. The molecule has 0 aromatic rings. The lowest BCUT2D eigenvalue weighted by molar-refractivity contribution is -0.176. The number of rotatable bonds is 3. The molecule has 2 saturated carbocycles. The van der Waals surface area contributed by atoms with Crippen molar-refractivity contribution in [2.24, 2.45) is 11.3 Å². The minimum absolute atomic E-state index is 0.233. The van der Waals surface area contributed by atoms with Gasteiger partial charge in [-0.1, -0.05) is 6.42 Å². The van der Waals surface area contributed by atoms with Crippen LogP contribution in [0.4, 0.5) is 0 Å². The van der Waals surface area contributed by atoms with Gasteiger partial charge in [0.05, 0.1) is 12.2 Å². The Bertz CT molecular complexity index is 250. The van der Waals surface area contributed by atoms with Gasteiger partial charge in [-0.3, -0.25) is 0 Å². The molecule has 1 heterocycles. The van der Waals surface area contributed by atoms with Crippen LogP contribution in [0.15, 0.2) is 0 Å². The van der Waals surface area contributed by atoms with Crippen molar-refractivity contribution in [3.8, 4) is 0 Å². The first-order chi connectivity index (χ1) is 7.24. The van der Waals surface area contributed by atoms with Gasteiger partial charge in [0, 0.05) is 30.5 Å². The highest BCUT2D eigenvalue weighted by Gasteiger charge is 2.66. The topological polar surface area (TPSA) is 41.5 Å². The van der Waals surface area contributed by atoms with Crippen molar-refractivity contribution in [3.05, 3.63) is 0 Å². The highest BCUT2D eigenvalue weighted by molar-refractivity contribution is 5.18. The van der Waals surface area contributed by atoms with Gasteiger partial charge < -0.3 is 15.2 Å². The number of hydrogen-bond donors (Lipinski definition) is 2. The summed E-state index contributed by atoms with van der Waals surface area (Å²) in [6, 6.07) is 0.619. The van der Waals surface area contributed by atoms with Gasteiger partial charge in [0.15, 0.2) is 0 Å². The number of hydrogen-bond acceptors (Lipinski definition) is 3. The fourth-order valence-electron chi connectivity index (χ4n) is 3.86. The van der Waals surface area contributed by atoms with Gasteiger partial charge in [-0.25, -0.2) is 0 Å². The van der Waals surface area contributed by atoms with Crippen molar-refractivity contribution in [2.45, 2.75) is 50.9 Å². The third-order valence-corrected chi connectivity index (χ3v) is 4.67. The van der Waals surface area contributed by atoms with E-state index in [9.17, 15) is 5.11 Å². The molecule has 0 amide bonds. The first-order valence-electron chi connectivity index (χ1n) is 6.27. The lowest BCUT2D eigenvalue weighted by atomic mass is 9.46. The molecule has 0 bridgehead atoms. The summed E-state index contributed by atoms with van der Waals surface area (Å²) < 4.78 is 5.84. The molecule has 86 valence electrons. The Morgan fingerprint density at radius 1 is 1.53 bits per heavy atom. The predicted molar refractivity (Wildman–Crippen MR) is 57.6 cm³/mol. The van der Waals surface area contributed by atoms with Crippen LogP contribution in [-0.2, 0) is 4.74 Å². The van der Waals surface area contributed by atoms with Crippen molar-refractivity contribution < 1.29 is 9.84 Å². The van der Waals surface area contributed by atoms with Crippen LogP contribution in [0.2, 0.25) is 0 Å². The molecule has 15 heavy (non-hydrogen) atoms. The fraction of sp³-hybridized carbons (Fsp3) is 1.00. The van der Waals surface area contributed by atoms with Crippen LogP contribution in [-0.4, -0.2) is 36.5 Å². The number of ether oxygens (including phenoxy) is 1. The lowest BCUT2D eigenvalue weighted by Gasteiger charge is -2.63. The monoisotopic (exact) mass is 211 g/mol. The van der Waals surface area contributed by atoms with E-state index in [1.807, 2.05) is 6.92 Å². The fourth-order valence-corrected chi connectivity index (χ4v) is 3.86. The zero-order valence-electron chi connectivity index (χ0n) is 9.41. The second kappa shape index (κ2) is 3.44. The second-order valence-electron chi connectivity index (χ2n) is 5.57. The molecule has 1 saturated heterocycles. The molecule has 1 spiro atoms. The van der Waals surface area contributed by atoms with E-state index < -0.39 is 0 Å². The molecule has 2 aliphatic carbocycles. The zero-order chi connectivity index (χ0) is 10.5. The van der Waals surface area contributed by atoms with E-state index in [2.05, 4.69) is 5.32 Å². The van der Waals surface area contributed by atoms with Gasteiger partial charge in [0.25, 0.3) is 0 Å². The quantitative estimate of drug-likeness (QED) is 0.729. The van der Waals surface area contributed by atoms with Crippen molar-refractivity contribution >= 4 is 0 Å². The average molecular weight is 211 g/mol. The molecule has 0 aromatic carbocycles. The van der Waals surface area contributed by atoms with E-state index in [-0.39, 0.29) is 6.10 Å². The van der Waals surface area contributed by atoms with Crippen molar-refractivity contribution in [1.29, 1.82) is 0 Å². The summed E-state index contributed by atoms with van der Waals surface area (Å²) >= 11 is 0. The lowest BCUT2D eigenvalue weighted by Crippen LogP contribution is -2.71. The third kappa shape index (κ3) is 1.30. The minimum Gasteiger partial charge on any atom is -0.392 e. The minimum atomic E-state index is -0.233. The van der Waals surface area contributed by atoms with Crippen molar-refractivity contribution in [2.75, 3.05) is 13.2 Å². The molecule has 0 radical (unpaired) electrons. The van der Waals surface area contributed by atoms with E-state index in [1.165, 1.54) is 25.7 Å². The molecular formula is C12H21NO2. The van der Waals surface area contributed by atoms with E-state index >= 15 is 0 Å². The van der Waals surface area contributed by atoms with Crippen LogP contribution in [0.5, 0.6) is 0 Å². The van der Waals surface area contributed by atoms with Crippen LogP contribution in [0.1, 0.15) is 32.6 Å². The summed E-state index contributed by atoms with van der Waals surface area (Å²) in [5.41, 5.74) is 0.454. The molecule has 1 aliphatic heterocycles. The maximum absolute atomic E-state index is 9.33. The molecule has 3 rings (SSSR count). The number of nitrogens with one attached hydrogen (secondary N) is 1. The maximum Gasteiger partial charge on any atom is 0.0690 e. The highest BCUT2D eigenvalue weighted by Crippen LogP contribution is 2.62. The standard InChI is InChI=1S/C12H21NO2/c1-8(14)7-13-10-9-3-6-15-11(9)12(10)4-2-5-12/h8-11,13-14H,2-7H2,1H3/t8-,9?,10?,11?/m0/s1. The van der Waals surface area contributed by atoms with Gasteiger partial charge in [0.1, 0.15) is 0 Å². The molecule has 0 aromatic heterocycles. The van der Waals surface area contributed by atoms with Gasteiger partial charge in [-0.15, -0.1) is 0 Å². The summed E-state index contributed by atoms with van der Waals surface area (Å²) in [6.45, 7) is 3.53. The van der Waals surface area contributed by atoms with Gasteiger partial charge in [0.2, 0.25) is 0 Å². The van der Waals surface area contributed by atoms with Crippen molar-refractivity contribution in [3.63, 3.8) is 0 Å². The number of aliphatic hydroxyl groups excluding tert-OH is 1. The molecule has 3 fully saturated rings. The average Bonchev–Trinajstić information content (AvgIpc) is 2.47. The van der Waals surface area contributed by atoms with Crippen LogP contribution in [0.3, 0.4) is 0 Å². The molecular weight excluding hydrogens is 190 g/mol. The Morgan fingerprint density at radius 3 is 2.93 bits per heavy atom. The summed E-state index contributed by atoms with van der Waals surface area (Å²) in [6.07, 6.45) is 5.53. The summed E-state index contributed by atoms with van der Waals surface area (Å²) in [4.78, 5) is 0. The van der Waals surface area contributed by atoms with E-state index in [0.717, 1.165) is 19.1 Å². The van der Waals surface area contributed by atoms with Gasteiger partial charge in [-0.2, -0.15) is 0 Å². The van der Waals surface area contributed by atoms with E-state index in [1.54, 1.807) is 0 Å². The number of aliphatic hydroxyl groups is 1. The SMILES string of the molecule is C[C@H](O)CNC1C2CCOC2C12CCC2.